The Kier molecular flexibility index (Phi) is 6.47. The Hall–Kier alpha value is -3.43. The minimum Gasteiger partial charge on any atom is -0.508 e. The van der Waals surface area contributed by atoms with Crippen LogP contribution in [0.5, 0.6) is 5.75 Å². The third-order valence-electron chi connectivity index (χ3n) is 4.05. The number of rotatable bonds is 6. The largest absolute Gasteiger partial charge is 0.508 e. The number of piperazine rings is 1. The molecule has 1 aromatic rings. The fourth-order valence-corrected chi connectivity index (χ4v) is 2.58. The number of likely N-dealkylation sites (N-methyl/N-ethyl adjacent to an activating group) is 1. The van der Waals surface area contributed by atoms with E-state index < -0.39 is 29.8 Å². The van der Waals surface area contributed by atoms with E-state index in [4.69, 9.17) is 0 Å². The van der Waals surface area contributed by atoms with Crippen molar-refractivity contribution in [3.63, 3.8) is 0 Å². The Bertz CT molecular complexity index is 748. The number of hydrogen-bond acceptors (Lipinski definition) is 6. The molecule has 1 aliphatic rings. The summed E-state index contributed by atoms with van der Waals surface area (Å²) in [6, 6.07) is 3.38. The van der Waals surface area contributed by atoms with E-state index in [0.717, 1.165) is 4.90 Å². The number of hydrogen-bond donors (Lipinski definition) is 3. The van der Waals surface area contributed by atoms with Crippen LogP contribution in [-0.2, 0) is 19.2 Å². The summed E-state index contributed by atoms with van der Waals surface area (Å²) in [4.78, 5) is 61.5. The molecule has 27 heavy (non-hydrogen) atoms. The van der Waals surface area contributed by atoms with E-state index >= 15 is 0 Å². The second-order valence-corrected chi connectivity index (χ2v) is 5.73. The summed E-state index contributed by atoms with van der Waals surface area (Å²) in [6.07, 6.45) is 0.486. The van der Waals surface area contributed by atoms with Crippen molar-refractivity contribution in [2.75, 3.05) is 26.2 Å². The van der Waals surface area contributed by atoms with Gasteiger partial charge in [-0.2, -0.15) is 0 Å². The van der Waals surface area contributed by atoms with Crippen molar-refractivity contribution < 1.29 is 29.1 Å². The van der Waals surface area contributed by atoms with E-state index in [2.05, 4.69) is 10.6 Å². The maximum absolute atomic E-state index is 12.5. The second kappa shape index (κ2) is 8.79. The minimum atomic E-state index is -1.22. The lowest BCUT2D eigenvalue weighted by Crippen LogP contribution is -2.59. The molecule has 1 fully saturated rings. The molecule has 2 rings (SSSR count). The van der Waals surface area contributed by atoms with Gasteiger partial charge in [-0.15, -0.1) is 0 Å². The van der Waals surface area contributed by atoms with Crippen LogP contribution in [0.3, 0.4) is 0 Å². The molecule has 0 bridgehead atoms. The first-order valence-electron chi connectivity index (χ1n) is 8.30. The molecular formula is C17H20N4O6. The van der Waals surface area contributed by atoms with E-state index in [9.17, 15) is 29.1 Å². The third kappa shape index (κ3) is 4.60. The number of amides is 5. The van der Waals surface area contributed by atoms with Gasteiger partial charge in [-0.05, 0) is 24.6 Å². The van der Waals surface area contributed by atoms with Crippen LogP contribution in [0.15, 0.2) is 24.3 Å². The molecular weight excluding hydrogens is 356 g/mol. The van der Waals surface area contributed by atoms with E-state index in [1.807, 2.05) is 0 Å². The summed E-state index contributed by atoms with van der Waals surface area (Å²) in [5.74, 6) is -2.47. The molecule has 1 saturated heterocycles. The van der Waals surface area contributed by atoms with Gasteiger partial charge in [0, 0.05) is 19.6 Å². The van der Waals surface area contributed by atoms with Crippen LogP contribution in [0.4, 0.5) is 4.79 Å². The maximum atomic E-state index is 12.5. The normalized spacial score (nSPS) is 15.3. The number of carbonyl (C=O) groups excluding carboxylic acids is 5. The Balaban J connectivity index is 2.18. The highest BCUT2D eigenvalue weighted by Gasteiger charge is 2.37. The van der Waals surface area contributed by atoms with Crippen LogP contribution >= 0.6 is 0 Å². The van der Waals surface area contributed by atoms with Gasteiger partial charge in [0.25, 0.3) is 0 Å². The molecule has 0 spiro atoms. The summed E-state index contributed by atoms with van der Waals surface area (Å²) in [7, 11) is 0. The number of aldehydes is 1. The van der Waals surface area contributed by atoms with Crippen LogP contribution in [0.1, 0.15) is 18.5 Å². The first-order valence-corrected chi connectivity index (χ1v) is 8.30. The lowest BCUT2D eigenvalue weighted by Gasteiger charge is -2.32. The average molecular weight is 376 g/mol. The van der Waals surface area contributed by atoms with Gasteiger partial charge in [0.1, 0.15) is 18.1 Å². The SMILES string of the molecule is CCN1CCN(C(=O)NC(C(=O)NCC=O)c2ccc(O)cc2)C(=O)C1=O. The standard InChI is InChI=1S/C17H20N4O6/c1-2-20-8-9-21(16(26)15(20)25)17(27)19-13(14(24)18-7-10-22)11-3-5-12(23)6-4-11/h3-6,10,13,23H,2,7-9H2,1H3,(H,18,24)(H,19,27). The molecule has 0 aliphatic carbocycles. The zero-order valence-electron chi connectivity index (χ0n) is 14.7. The highest BCUT2D eigenvalue weighted by Crippen LogP contribution is 2.18. The molecule has 1 unspecified atom stereocenters. The third-order valence-corrected chi connectivity index (χ3v) is 4.05. The lowest BCUT2D eigenvalue weighted by molar-refractivity contribution is -0.153. The predicted octanol–water partition coefficient (Wildman–Crippen LogP) is -0.851. The Morgan fingerprint density at radius 1 is 1.19 bits per heavy atom. The fourth-order valence-electron chi connectivity index (χ4n) is 2.58. The lowest BCUT2D eigenvalue weighted by atomic mass is 10.1. The van der Waals surface area contributed by atoms with Crippen molar-refractivity contribution in [2.24, 2.45) is 0 Å². The minimum absolute atomic E-state index is 0.00248. The summed E-state index contributed by atoms with van der Waals surface area (Å²) >= 11 is 0. The van der Waals surface area contributed by atoms with Gasteiger partial charge in [-0.3, -0.25) is 19.3 Å². The van der Waals surface area contributed by atoms with Crippen molar-refractivity contribution in [1.82, 2.24) is 20.4 Å². The van der Waals surface area contributed by atoms with Crippen molar-refractivity contribution in [2.45, 2.75) is 13.0 Å². The second-order valence-electron chi connectivity index (χ2n) is 5.73. The van der Waals surface area contributed by atoms with E-state index in [0.29, 0.717) is 18.4 Å². The molecule has 1 aliphatic heterocycles. The Labute approximate surface area is 155 Å². The molecule has 1 heterocycles. The van der Waals surface area contributed by atoms with Gasteiger partial charge in [-0.25, -0.2) is 4.79 Å². The molecule has 10 heteroatoms. The number of carbonyl (C=O) groups is 5. The first-order chi connectivity index (χ1) is 12.9. The van der Waals surface area contributed by atoms with E-state index in [-0.39, 0.29) is 25.4 Å². The number of phenolic OH excluding ortho intramolecular Hbond substituents is 1. The summed E-state index contributed by atoms with van der Waals surface area (Å²) in [5.41, 5.74) is 0.329. The summed E-state index contributed by atoms with van der Waals surface area (Å²) in [5, 5.41) is 14.1. The van der Waals surface area contributed by atoms with Gasteiger partial charge < -0.3 is 25.4 Å². The van der Waals surface area contributed by atoms with Crippen molar-refractivity contribution in [3.05, 3.63) is 29.8 Å². The summed E-state index contributed by atoms with van der Waals surface area (Å²) < 4.78 is 0. The fraction of sp³-hybridized carbons (Fsp3) is 0.353. The monoisotopic (exact) mass is 376 g/mol. The van der Waals surface area contributed by atoms with Crippen molar-refractivity contribution in [3.8, 4) is 5.75 Å². The smallest absolute Gasteiger partial charge is 0.325 e. The van der Waals surface area contributed by atoms with E-state index in [1.165, 1.54) is 29.2 Å². The summed E-state index contributed by atoms with van der Waals surface area (Å²) in [6.45, 7) is 2.03. The Morgan fingerprint density at radius 2 is 1.85 bits per heavy atom. The zero-order chi connectivity index (χ0) is 20.0. The average Bonchev–Trinajstić information content (AvgIpc) is 2.67. The molecule has 144 valence electrons. The number of nitrogens with zero attached hydrogens (tertiary/aromatic N) is 2. The number of phenols is 1. The highest BCUT2D eigenvalue weighted by molar-refractivity contribution is 6.38. The van der Waals surface area contributed by atoms with Crippen LogP contribution in [0.2, 0.25) is 0 Å². The molecule has 1 aromatic carbocycles. The highest BCUT2D eigenvalue weighted by atomic mass is 16.3. The van der Waals surface area contributed by atoms with Crippen LogP contribution in [0, 0.1) is 0 Å². The zero-order valence-corrected chi connectivity index (χ0v) is 14.7. The maximum Gasteiger partial charge on any atom is 0.325 e. The van der Waals surface area contributed by atoms with Gasteiger partial charge in [0.05, 0.1) is 6.54 Å². The van der Waals surface area contributed by atoms with E-state index in [1.54, 1.807) is 6.92 Å². The molecule has 0 aromatic heterocycles. The number of benzene rings is 1. The van der Waals surface area contributed by atoms with Crippen LogP contribution in [0.25, 0.3) is 0 Å². The van der Waals surface area contributed by atoms with Gasteiger partial charge in [0.2, 0.25) is 5.91 Å². The number of nitrogens with one attached hydrogen (secondary N) is 2. The van der Waals surface area contributed by atoms with Gasteiger partial charge >= 0.3 is 17.8 Å². The number of aromatic hydroxyl groups is 1. The molecule has 10 nitrogen and oxygen atoms in total. The number of urea groups is 1. The Morgan fingerprint density at radius 3 is 2.44 bits per heavy atom. The number of imide groups is 1. The molecule has 1 atom stereocenters. The predicted molar refractivity (Wildman–Crippen MR) is 92.4 cm³/mol. The molecule has 3 N–H and O–H groups in total. The molecule has 0 saturated carbocycles. The van der Waals surface area contributed by atoms with Crippen LogP contribution in [-0.4, -0.2) is 71.1 Å². The molecule has 0 radical (unpaired) electrons. The molecule has 5 amide bonds. The van der Waals surface area contributed by atoms with Gasteiger partial charge in [0.15, 0.2) is 0 Å². The van der Waals surface area contributed by atoms with Crippen molar-refractivity contribution in [1.29, 1.82) is 0 Å². The topological polar surface area (TPSA) is 136 Å². The van der Waals surface area contributed by atoms with Gasteiger partial charge in [-0.1, -0.05) is 12.1 Å². The quantitative estimate of drug-likeness (QED) is 0.437. The first kappa shape index (κ1) is 19.9. The van der Waals surface area contributed by atoms with Crippen molar-refractivity contribution >= 4 is 30.0 Å². The van der Waals surface area contributed by atoms with Crippen LogP contribution < -0.4 is 10.6 Å².